The quantitative estimate of drug-likeness (QED) is 0.845. The number of rotatable bonds is 3. The number of thioether (sulfide) groups is 1. The summed E-state index contributed by atoms with van der Waals surface area (Å²) in [5.41, 5.74) is 2.81. The summed E-state index contributed by atoms with van der Waals surface area (Å²) in [5, 5.41) is 0. The molecule has 1 unspecified atom stereocenters. The first-order valence-electron chi connectivity index (χ1n) is 6.74. The lowest BCUT2D eigenvalue weighted by Gasteiger charge is -2.25. The van der Waals surface area contributed by atoms with Crippen LogP contribution in [0.2, 0.25) is 0 Å². The van der Waals surface area contributed by atoms with Gasteiger partial charge in [-0.25, -0.2) is 0 Å². The van der Waals surface area contributed by atoms with E-state index in [9.17, 15) is 0 Å². The lowest BCUT2D eigenvalue weighted by Crippen LogP contribution is -2.11. The predicted molar refractivity (Wildman–Crippen MR) is 83.2 cm³/mol. The number of benzene rings is 2. The molecule has 0 radical (unpaired) electrons. The summed E-state index contributed by atoms with van der Waals surface area (Å²) in [6.07, 6.45) is 1.10. The van der Waals surface area contributed by atoms with Crippen molar-refractivity contribution in [1.82, 2.24) is 0 Å². The van der Waals surface area contributed by atoms with Gasteiger partial charge in [0.25, 0.3) is 0 Å². The first-order valence-corrected chi connectivity index (χ1v) is 7.72. The van der Waals surface area contributed by atoms with E-state index in [4.69, 9.17) is 9.47 Å². The molecule has 0 amide bonds. The molecule has 20 heavy (non-hydrogen) atoms. The predicted octanol–water partition coefficient (Wildman–Crippen LogP) is 4.14. The molecule has 2 nitrogen and oxygen atoms in total. The third-order valence-corrected chi connectivity index (χ3v) is 5.03. The normalized spacial score (nSPS) is 17.4. The Balaban J connectivity index is 1.80. The van der Waals surface area contributed by atoms with Gasteiger partial charge in [-0.3, -0.25) is 0 Å². The molecule has 0 N–H and O–H groups in total. The van der Waals surface area contributed by atoms with Gasteiger partial charge in [0.15, 0.2) is 0 Å². The smallest absolute Gasteiger partial charge is 0.119 e. The highest BCUT2D eigenvalue weighted by Crippen LogP contribution is 2.39. The zero-order valence-corrected chi connectivity index (χ0v) is 12.6. The summed E-state index contributed by atoms with van der Waals surface area (Å²) in [6.45, 7) is 0. The Morgan fingerprint density at radius 3 is 2.35 bits per heavy atom. The molecular weight excluding hydrogens is 268 g/mol. The first-order chi connectivity index (χ1) is 9.80. The number of methoxy groups -OCH3 is 2. The number of hydrogen-bond acceptors (Lipinski definition) is 3. The van der Waals surface area contributed by atoms with Crippen molar-refractivity contribution in [3.8, 4) is 11.5 Å². The van der Waals surface area contributed by atoms with Gasteiger partial charge in [-0.05, 0) is 47.7 Å². The van der Waals surface area contributed by atoms with E-state index in [-0.39, 0.29) is 0 Å². The molecule has 1 atom stereocenters. The van der Waals surface area contributed by atoms with Crippen LogP contribution >= 0.6 is 11.8 Å². The van der Waals surface area contributed by atoms with E-state index in [0.29, 0.717) is 5.92 Å². The molecule has 2 aromatic carbocycles. The molecule has 104 valence electrons. The van der Waals surface area contributed by atoms with Crippen LogP contribution in [0, 0.1) is 0 Å². The molecule has 3 heteroatoms. The molecule has 0 spiro atoms. The van der Waals surface area contributed by atoms with Gasteiger partial charge in [0.2, 0.25) is 0 Å². The minimum atomic E-state index is 0.576. The second-order valence-electron chi connectivity index (χ2n) is 4.96. The van der Waals surface area contributed by atoms with Crippen molar-refractivity contribution in [2.24, 2.45) is 0 Å². The van der Waals surface area contributed by atoms with E-state index >= 15 is 0 Å². The van der Waals surface area contributed by atoms with Gasteiger partial charge >= 0.3 is 0 Å². The van der Waals surface area contributed by atoms with Gasteiger partial charge in [0.1, 0.15) is 11.5 Å². The molecule has 0 saturated heterocycles. The Bertz CT molecular complexity index is 592. The van der Waals surface area contributed by atoms with Gasteiger partial charge in [-0.1, -0.05) is 18.2 Å². The molecule has 0 aromatic heterocycles. The largest absolute Gasteiger partial charge is 0.497 e. The van der Waals surface area contributed by atoms with E-state index in [0.717, 1.165) is 23.7 Å². The van der Waals surface area contributed by atoms with Crippen LogP contribution in [0.1, 0.15) is 17.0 Å². The van der Waals surface area contributed by atoms with Crippen molar-refractivity contribution in [1.29, 1.82) is 0 Å². The lowest BCUT2D eigenvalue weighted by atomic mass is 9.93. The average molecular weight is 286 g/mol. The fraction of sp³-hybridized carbons (Fsp3) is 0.294. The third-order valence-electron chi connectivity index (χ3n) is 3.77. The fourth-order valence-electron chi connectivity index (χ4n) is 2.57. The summed E-state index contributed by atoms with van der Waals surface area (Å²) in [4.78, 5) is 1.36. The molecular formula is C17H18O2S. The zero-order valence-electron chi connectivity index (χ0n) is 11.8. The maximum absolute atomic E-state index is 5.29. The summed E-state index contributed by atoms with van der Waals surface area (Å²) in [6, 6.07) is 14.8. The Hall–Kier alpha value is -1.61. The van der Waals surface area contributed by atoms with Crippen LogP contribution in [0.4, 0.5) is 0 Å². The molecule has 0 aliphatic carbocycles. The Morgan fingerprint density at radius 2 is 1.65 bits per heavy atom. The highest BCUT2D eigenvalue weighted by Gasteiger charge is 2.21. The third kappa shape index (κ3) is 2.63. The Morgan fingerprint density at radius 1 is 0.950 bits per heavy atom. The van der Waals surface area contributed by atoms with Crippen LogP contribution < -0.4 is 9.47 Å². The van der Waals surface area contributed by atoms with E-state index in [2.05, 4.69) is 30.3 Å². The fourth-order valence-corrected chi connectivity index (χ4v) is 3.80. The van der Waals surface area contributed by atoms with E-state index < -0.39 is 0 Å². The maximum Gasteiger partial charge on any atom is 0.119 e. The number of ether oxygens (including phenoxy) is 2. The molecule has 1 aliphatic rings. The van der Waals surface area contributed by atoms with Crippen molar-refractivity contribution in [3.05, 3.63) is 53.6 Å². The maximum atomic E-state index is 5.29. The van der Waals surface area contributed by atoms with Crippen molar-refractivity contribution < 1.29 is 9.47 Å². The van der Waals surface area contributed by atoms with Crippen LogP contribution in [0.5, 0.6) is 11.5 Å². The van der Waals surface area contributed by atoms with Crippen LogP contribution in [0.15, 0.2) is 47.4 Å². The molecule has 3 rings (SSSR count). The lowest BCUT2D eigenvalue weighted by molar-refractivity contribution is 0.413. The monoisotopic (exact) mass is 286 g/mol. The molecule has 2 aromatic rings. The van der Waals surface area contributed by atoms with Crippen molar-refractivity contribution in [2.75, 3.05) is 20.0 Å². The molecule has 1 aliphatic heterocycles. The van der Waals surface area contributed by atoms with Crippen molar-refractivity contribution in [3.63, 3.8) is 0 Å². The summed E-state index contributed by atoms with van der Waals surface area (Å²) < 4.78 is 10.5. The van der Waals surface area contributed by atoms with Crippen molar-refractivity contribution >= 4 is 11.8 Å². The second kappa shape index (κ2) is 5.80. The topological polar surface area (TPSA) is 18.5 Å². The molecule has 1 heterocycles. The SMILES string of the molecule is COc1ccc(C2CSc3cc(OC)ccc3C2)cc1. The van der Waals surface area contributed by atoms with Gasteiger partial charge in [-0.15, -0.1) is 11.8 Å². The van der Waals surface area contributed by atoms with Crippen LogP contribution in [-0.2, 0) is 6.42 Å². The van der Waals surface area contributed by atoms with Crippen LogP contribution in [0.3, 0.4) is 0 Å². The Kier molecular flexibility index (Phi) is 3.88. The van der Waals surface area contributed by atoms with E-state index in [1.807, 2.05) is 23.9 Å². The summed E-state index contributed by atoms with van der Waals surface area (Å²) in [7, 11) is 3.42. The zero-order chi connectivity index (χ0) is 13.9. The summed E-state index contributed by atoms with van der Waals surface area (Å²) in [5.74, 6) is 3.56. The summed E-state index contributed by atoms with van der Waals surface area (Å²) >= 11 is 1.92. The molecule has 0 fully saturated rings. The van der Waals surface area contributed by atoms with Crippen LogP contribution in [-0.4, -0.2) is 20.0 Å². The minimum absolute atomic E-state index is 0.576. The Labute approximate surface area is 124 Å². The van der Waals surface area contributed by atoms with Crippen molar-refractivity contribution in [2.45, 2.75) is 17.2 Å². The highest BCUT2D eigenvalue weighted by atomic mass is 32.2. The second-order valence-corrected chi connectivity index (χ2v) is 6.02. The first kappa shape index (κ1) is 13.4. The minimum Gasteiger partial charge on any atom is -0.497 e. The molecule has 0 saturated carbocycles. The van der Waals surface area contributed by atoms with E-state index in [1.54, 1.807) is 14.2 Å². The van der Waals surface area contributed by atoms with Gasteiger partial charge < -0.3 is 9.47 Å². The van der Waals surface area contributed by atoms with Gasteiger partial charge in [-0.2, -0.15) is 0 Å². The van der Waals surface area contributed by atoms with E-state index in [1.165, 1.54) is 16.0 Å². The van der Waals surface area contributed by atoms with Crippen LogP contribution in [0.25, 0.3) is 0 Å². The number of hydrogen-bond donors (Lipinski definition) is 0. The highest BCUT2D eigenvalue weighted by molar-refractivity contribution is 7.99. The number of fused-ring (bicyclic) bond motifs is 1. The standard InChI is InChI=1S/C17H18O2S/c1-18-15-6-3-12(4-7-15)14-9-13-5-8-16(19-2)10-17(13)20-11-14/h3-8,10,14H,9,11H2,1-2H3. The van der Waals surface area contributed by atoms with Gasteiger partial charge in [0, 0.05) is 10.6 Å². The average Bonchev–Trinajstić information content (AvgIpc) is 2.54. The van der Waals surface area contributed by atoms with Gasteiger partial charge in [0.05, 0.1) is 14.2 Å². The molecule has 0 bridgehead atoms.